The van der Waals surface area contributed by atoms with Crippen LogP contribution >= 0.6 is 0 Å². The summed E-state index contributed by atoms with van der Waals surface area (Å²) in [5.41, 5.74) is 0.899. The number of fused-ring (bicyclic) bond motifs is 1. The molecule has 0 heterocycles. The van der Waals surface area contributed by atoms with Gasteiger partial charge in [0, 0.05) is 0 Å². The van der Waals surface area contributed by atoms with E-state index in [-0.39, 0.29) is 11.6 Å². The molecule has 0 aliphatic rings. The molecule has 0 radical (unpaired) electrons. The molecular weight excluding hydrogens is 206 g/mol. The second kappa shape index (κ2) is 4.60. The highest BCUT2D eigenvalue weighted by Crippen LogP contribution is 2.23. The van der Waals surface area contributed by atoms with Crippen molar-refractivity contribution in [2.45, 2.75) is 26.2 Å². The number of hydrogen-bond donors (Lipinski definition) is 0. The fourth-order valence-electron chi connectivity index (χ4n) is 1.94. The van der Waals surface area contributed by atoms with E-state index in [0.717, 1.165) is 35.6 Å². The summed E-state index contributed by atoms with van der Waals surface area (Å²) in [5, 5.41) is 1.60. The summed E-state index contributed by atoms with van der Waals surface area (Å²) < 4.78 is 26.5. The lowest BCUT2D eigenvalue weighted by Gasteiger charge is -2.06. The first-order valence-corrected chi connectivity index (χ1v) is 5.58. The fraction of sp³-hybridized carbons (Fsp3) is 0.286. The van der Waals surface area contributed by atoms with Gasteiger partial charge in [0.05, 0.1) is 0 Å². The van der Waals surface area contributed by atoms with E-state index < -0.39 is 0 Å². The van der Waals surface area contributed by atoms with Gasteiger partial charge in [0.15, 0.2) is 0 Å². The number of benzene rings is 2. The van der Waals surface area contributed by atoms with Crippen LogP contribution in [0.25, 0.3) is 10.8 Å². The number of halogens is 2. The quantitative estimate of drug-likeness (QED) is 0.716. The van der Waals surface area contributed by atoms with Gasteiger partial charge in [-0.2, -0.15) is 0 Å². The van der Waals surface area contributed by atoms with Gasteiger partial charge >= 0.3 is 0 Å². The lowest BCUT2D eigenvalue weighted by atomic mass is 10.00. The predicted octanol–water partition coefficient (Wildman–Crippen LogP) is 4.46. The summed E-state index contributed by atoms with van der Waals surface area (Å²) in [4.78, 5) is 0. The summed E-state index contributed by atoms with van der Waals surface area (Å²) in [6, 6.07) is 7.44. The molecule has 2 heteroatoms. The summed E-state index contributed by atoms with van der Waals surface area (Å²) >= 11 is 0. The molecule has 0 atom stereocenters. The summed E-state index contributed by atoms with van der Waals surface area (Å²) in [5.74, 6) is -0.512. The summed E-state index contributed by atoms with van der Waals surface area (Å²) in [6.45, 7) is 2.09. The molecule has 0 aliphatic carbocycles. The molecule has 0 aromatic heterocycles. The zero-order valence-electron chi connectivity index (χ0n) is 9.26. The highest BCUT2D eigenvalue weighted by Gasteiger charge is 2.05. The molecule has 0 fully saturated rings. The smallest absolute Gasteiger partial charge is 0.124 e. The van der Waals surface area contributed by atoms with Crippen molar-refractivity contribution in [3.8, 4) is 0 Å². The monoisotopic (exact) mass is 220 g/mol. The van der Waals surface area contributed by atoms with Crippen molar-refractivity contribution in [2.75, 3.05) is 0 Å². The Morgan fingerprint density at radius 1 is 1.00 bits per heavy atom. The van der Waals surface area contributed by atoms with Gasteiger partial charge in [-0.25, -0.2) is 8.78 Å². The molecule has 0 bridgehead atoms. The van der Waals surface area contributed by atoms with Crippen molar-refractivity contribution in [3.63, 3.8) is 0 Å². The van der Waals surface area contributed by atoms with Crippen LogP contribution in [0.4, 0.5) is 8.78 Å². The first-order chi connectivity index (χ1) is 7.70. The van der Waals surface area contributed by atoms with Crippen molar-refractivity contribution >= 4 is 10.8 Å². The van der Waals surface area contributed by atoms with Crippen LogP contribution in [-0.4, -0.2) is 0 Å². The third-order valence-corrected chi connectivity index (χ3v) is 2.77. The Hall–Kier alpha value is -1.44. The lowest BCUT2D eigenvalue weighted by Crippen LogP contribution is -1.90. The van der Waals surface area contributed by atoms with Crippen LogP contribution in [0.3, 0.4) is 0 Å². The Morgan fingerprint density at radius 3 is 2.56 bits per heavy atom. The Morgan fingerprint density at radius 2 is 1.81 bits per heavy atom. The van der Waals surface area contributed by atoms with Gasteiger partial charge in [-0.05, 0) is 53.4 Å². The zero-order valence-corrected chi connectivity index (χ0v) is 9.26. The Bertz CT molecular complexity index is 503. The molecule has 0 aliphatic heterocycles. The van der Waals surface area contributed by atoms with Crippen LogP contribution < -0.4 is 0 Å². The van der Waals surface area contributed by atoms with E-state index in [2.05, 4.69) is 6.92 Å². The van der Waals surface area contributed by atoms with Crippen molar-refractivity contribution in [1.29, 1.82) is 0 Å². The van der Waals surface area contributed by atoms with E-state index in [4.69, 9.17) is 0 Å². The highest BCUT2D eigenvalue weighted by atomic mass is 19.1. The van der Waals surface area contributed by atoms with E-state index in [9.17, 15) is 8.78 Å². The van der Waals surface area contributed by atoms with Crippen molar-refractivity contribution < 1.29 is 8.78 Å². The molecule has 0 amide bonds. The van der Waals surface area contributed by atoms with E-state index in [1.165, 1.54) is 24.3 Å². The van der Waals surface area contributed by atoms with Crippen molar-refractivity contribution in [3.05, 3.63) is 47.5 Å². The third kappa shape index (κ3) is 2.21. The zero-order chi connectivity index (χ0) is 11.5. The Kier molecular flexibility index (Phi) is 3.18. The largest absolute Gasteiger partial charge is 0.207 e. The SMILES string of the molecule is CCCCc1cc(F)cc2ccc(F)cc12. The fourth-order valence-corrected chi connectivity index (χ4v) is 1.94. The summed E-state index contributed by atoms with van der Waals surface area (Å²) in [6.07, 6.45) is 2.84. The molecule has 2 rings (SSSR count). The molecule has 0 saturated carbocycles. The van der Waals surface area contributed by atoms with Gasteiger partial charge in [0.1, 0.15) is 11.6 Å². The maximum absolute atomic E-state index is 13.3. The van der Waals surface area contributed by atoms with Gasteiger partial charge < -0.3 is 0 Å². The minimum Gasteiger partial charge on any atom is -0.207 e. The molecule has 0 saturated heterocycles. The minimum absolute atomic E-state index is 0.245. The van der Waals surface area contributed by atoms with Gasteiger partial charge in [-0.1, -0.05) is 19.4 Å². The van der Waals surface area contributed by atoms with E-state index >= 15 is 0 Å². The Labute approximate surface area is 93.9 Å². The topological polar surface area (TPSA) is 0 Å². The van der Waals surface area contributed by atoms with Crippen LogP contribution in [0.1, 0.15) is 25.3 Å². The van der Waals surface area contributed by atoms with Gasteiger partial charge in [0.25, 0.3) is 0 Å². The van der Waals surface area contributed by atoms with E-state index in [0.29, 0.717) is 0 Å². The average molecular weight is 220 g/mol. The van der Waals surface area contributed by atoms with Crippen LogP contribution in [0, 0.1) is 11.6 Å². The van der Waals surface area contributed by atoms with Crippen LogP contribution in [-0.2, 0) is 6.42 Å². The van der Waals surface area contributed by atoms with Crippen molar-refractivity contribution in [1.82, 2.24) is 0 Å². The number of hydrogen-bond acceptors (Lipinski definition) is 0. The first kappa shape index (κ1) is 11.1. The second-order valence-corrected chi connectivity index (χ2v) is 4.03. The number of rotatable bonds is 3. The first-order valence-electron chi connectivity index (χ1n) is 5.58. The third-order valence-electron chi connectivity index (χ3n) is 2.77. The standard InChI is InChI=1S/C14H14F2/c1-2-3-4-10-7-13(16)8-11-5-6-12(15)9-14(10)11/h5-9H,2-4H2,1H3. The lowest BCUT2D eigenvalue weighted by molar-refractivity contribution is 0.623. The van der Waals surface area contributed by atoms with Crippen LogP contribution in [0.5, 0.6) is 0 Å². The molecule has 84 valence electrons. The van der Waals surface area contributed by atoms with Gasteiger partial charge in [-0.15, -0.1) is 0 Å². The molecule has 0 unspecified atom stereocenters. The number of aryl methyl sites for hydroxylation is 1. The maximum atomic E-state index is 13.3. The predicted molar refractivity (Wildman–Crippen MR) is 62.5 cm³/mol. The molecule has 2 aromatic rings. The highest BCUT2D eigenvalue weighted by molar-refractivity contribution is 5.85. The number of unbranched alkanes of at least 4 members (excludes halogenated alkanes) is 1. The maximum Gasteiger partial charge on any atom is 0.124 e. The van der Waals surface area contributed by atoms with Crippen LogP contribution in [0.2, 0.25) is 0 Å². The molecular formula is C14H14F2. The average Bonchev–Trinajstić information content (AvgIpc) is 2.26. The molecule has 0 N–H and O–H groups in total. The molecule has 16 heavy (non-hydrogen) atoms. The van der Waals surface area contributed by atoms with Gasteiger partial charge in [0.2, 0.25) is 0 Å². The molecule has 0 nitrogen and oxygen atoms in total. The minimum atomic E-state index is -0.267. The second-order valence-electron chi connectivity index (χ2n) is 4.03. The summed E-state index contributed by atoms with van der Waals surface area (Å²) in [7, 11) is 0. The van der Waals surface area contributed by atoms with E-state index in [1.807, 2.05) is 0 Å². The van der Waals surface area contributed by atoms with Gasteiger partial charge in [-0.3, -0.25) is 0 Å². The molecule has 0 spiro atoms. The Balaban J connectivity index is 2.55. The molecule has 2 aromatic carbocycles. The van der Waals surface area contributed by atoms with Crippen molar-refractivity contribution in [2.24, 2.45) is 0 Å². The van der Waals surface area contributed by atoms with E-state index in [1.54, 1.807) is 6.07 Å². The normalized spacial score (nSPS) is 10.9. The van der Waals surface area contributed by atoms with Crippen LogP contribution in [0.15, 0.2) is 30.3 Å².